The van der Waals surface area contributed by atoms with Crippen molar-refractivity contribution >= 4 is 58.1 Å². The van der Waals surface area contributed by atoms with Gasteiger partial charge in [-0.2, -0.15) is 0 Å². The van der Waals surface area contributed by atoms with Crippen molar-refractivity contribution in [1.82, 2.24) is 21.3 Å². The number of aliphatic imine (C=N–C) groups is 2. The molecule has 1 heterocycles. The predicted octanol–water partition coefficient (Wildman–Crippen LogP) is -2.77. The lowest BCUT2D eigenvalue weighted by Crippen LogP contribution is -2.58. The fraction of sp³-hybridized carbons (Fsp3) is 0.515. The van der Waals surface area contributed by atoms with Crippen molar-refractivity contribution in [1.29, 1.82) is 0 Å². The van der Waals surface area contributed by atoms with E-state index in [1.807, 2.05) is 0 Å². The standard InChI is InChI=1S/C33H52N12O8/c1-18-15-27(48)53-26-16-20(10-11-21(18)26)42-28(49)24(9-6-14-40-33(37)38)43-30(51)23(7-3-4-12-34)44-31(52)25(17-46)45-29(50)22(41-19(2)47)8-5-13-39-32(35)36/h10-11,15-16,22-25,46H,3-9,12-14,17,34H2,1-2H3,(H,41,47)(H,42,49)(H,43,51)(H,44,52)(H,45,50)(H4,35,36,39)(H4,37,38,40)/t22-,23-,24-,25-/m0/s1. The molecule has 0 aliphatic carbocycles. The number of hydrogen-bond acceptors (Lipinski definition) is 11. The lowest BCUT2D eigenvalue weighted by Gasteiger charge is -2.26. The van der Waals surface area contributed by atoms with Gasteiger partial charge in [0.1, 0.15) is 29.8 Å². The van der Waals surface area contributed by atoms with Gasteiger partial charge in [0.2, 0.25) is 29.5 Å². The second kappa shape index (κ2) is 22.2. The maximum atomic E-state index is 13.7. The van der Waals surface area contributed by atoms with Gasteiger partial charge in [-0.1, -0.05) is 0 Å². The van der Waals surface area contributed by atoms with Gasteiger partial charge < -0.3 is 64.8 Å². The molecule has 2 aromatic rings. The Morgan fingerprint density at radius 1 is 0.736 bits per heavy atom. The van der Waals surface area contributed by atoms with Crippen molar-refractivity contribution in [2.24, 2.45) is 38.7 Å². The van der Waals surface area contributed by atoms with Crippen molar-refractivity contribution in [2.75, 3.05) is 31.6 Å². The number of unbranched alkanes of at least 4 members (excludes halogenated alkanes) is 1. The number of aliphatic hydroxyl groups excluding tert-OH is 1. The van der Waals surface area contributed by atoms with E-state index < -0.39 is 65.9 Å². The summed E-state index contributed by atoms with van der Waals surface area (Å²) >= 11 is 0. The van der Waals surface area contributed by atoms with E-state index in [0.717, 1.165) is 0 Å². The van der Waals surface area contributed by atoms with Gasteiger partial charge in [-0.3, -0.25) is 34.0 Å². The average Bonchev–Trinajstić information content (AvgIpc) is 3.08. The van der Waals surface area contributed by atoms with Crippen molar-refractivity contribution in [3.8, 4) is 0 Å². The highest BCUT2D eigenvalue weighted by atomic mass is 16.4. The number of rotatable bonds is 22. The first-order chi connectivity index (χ1) is 25.1. The van der Waals surface area contributed by atoms with Crippen LogP contribution in [0, 0.1) is 6.92 Å². The number of hydrogen-bond donors (Lipinski definition) is 11. The van der Waals surface area contributed by atoms with Crippen LogP contribution in [-0.4, -0.2) is 97.0 Å². The van der Waals surface area contributed by atoms with E-state index in [9.17, 15) is 33.9 Å². The zero-order chi connectivity index (χ0) is 39.5. The van der Waals surface area contributed by atoms with E-state index in [4.69, 9.17) is 33.1 Å². The van der Waals surface area contributed by atoms with Gasteiger partial charge in [-0.15, -0.1) is 0 Å². The zero-order valence-corrected chi connectivity index (χ0v) is 30.0. The van der Waals surface area contributed by atoms with Crippen LogP contribution in [0.2, 0.25) is 0 Å². The molecule has 0 saturated carbocycles. The van der Waals surface area contributed by atoms with Crippen molar-refractivity contribution in [3.63, 3.8) is 0 Å². The molecule has 0 saturated heterocycles. The number of aliphatic hydroxyl groups is 1. The van der Waals surface area contributed by atoms with Crippen LogP contribution in [0.1, 0.15) is 57.4 Å². The lowest BCUT2D eigenvalue weighted by molar-refractivity contribution is -0.135. The number of fused-ring (bicyclic) bond motifs is 1. The van der Waals surface area contributed by atoms with Gasteiger partial charge in [0.05, 0.1) is 6.61 Å². The van der Waals surface area contributed by atoms with Crippen molar-refractivity contribution < 1.29 is 33.5 Å². The normalized spacial score (nSPS) is 13.1. The highest BCUT2D eigenvalue weighted by Crippen LogP contribution is 2.21. The second-order valence-electron chi connectivity index (χ2n) is 12.2. The number of benzene rings is 1. The fourth-order valence-electron chi connectivity index (χ4n) is 5.19. The molecule has 53 heavy (non-hydrogen) atoms. The number of aryl methyl sites for hydroxylation is 1. The van der Waals surface area contributed by atoms with Crippen LogP contribution in [0.5, 0.6) is 0 Å². The molecule has 0 unspecified atom stereocenters. The van der Waals surface area contributed by atoms with E-state index in [-0.39, 0.29) is 56.3 Å². The Hall–Kier alpha value is -5.76. The van der Waals surface area contributed by atoms with E-state index in [1.165, 1.54) is 19.1 Å². The SMILES string of the molecule is CC(=O)N[C@@H](CCCN=C(N)N)C(=O)N[C@@H](CO)C(=O)N[C@@H](CCCCN)C(=O)N[C@@H](CCCN=C(N)N)C(=O)Nc1ccc2c(C)cc(=O)oc2c1. The third-order valence-corrected chi connectivity index (χ3v) is 7.83. The van der Waals surface area contributed by atoms with Crippen molar-refractivity contribution in [3.05, 3.63) is 40.2 Å². The minimum absolute atomic E-state index is 0.0859. The number of anilines is 1. The maximum absolute atomic E-state index is 13.7. The molecule has 0 fully saturated rings. The van der Waals surface area contributed by atoms with Gasteiger partial charge in [0, 0.05) is 43.2 Å². The first kappa shape index (κ1) is 43.4. The molecular weight excluding hydrogens is 692 g/mol. The largest absolute Gasteiger partial charge is 0.423 e. The zero-order valence-electron chi connectivity index (χ0n) is 30.0. The number of amides is 5. The lowest BCUT2D eigenvalue weighted by atomic mass is 10.1. The Balaban J connectivity index is 2.25. The van der Waals surface area contributed by atoms with Crippen LogP contribution in [-0.2, 0) is 24.0 Å². The molecule has 0 bridgehead atoms. The van der Waals surface area contributed by atoms with Gasteiger partial charge >= 0.3 is 5.63 Å². The van der Waals surface area contributed by atoms with Crippen LogP contribution in [0.15, 0.2) is 43.5 Å². The summed E-state index contributed by atoms with van der Waals surface area (Å²) in [6, 6.07) is 1.20. The summed E-state index contributed by atoms with van der Waals surface area (Å²) in [5, 5.41) is 23.6. The number of nitrogens with one attached hydrogen (secondary N) is 5. The molecule has 2 rings (SSSR count). The molecule has 16 N–H and O–H groups in total. The minimum atomic E-state index is -1.50. The quantitative estimate of drug-likeness (QED) is 0.0252. The topological polar surface area (TPSA) is 351 Å². The Kier molecular flexibility index (Phi) is 18.2. The monoisotopic (exact) mass is 744 g/mol. The molecule has 292 valence electrons. The van der Waals surface area contributed by atoms with E-state index in [0.29, 0.717) is 42.4 Å². The maximum Gasteiger partial charge on any atom is 0.336 e. The summed E-state index contributed by atoms with van der Waals surface area (Å²) in [6.45, 7) is 2.78. The number of carbonyl (C=O) groups is 5. The first-order valence-electron chi connectivity index (χ1n) is 17.1. The Morgan fingerprint density at radius 2 is 1.25 bits per heavy atom. The molecular formula is C33H52N12O8. The van der Waals surface area contributed by atoms with Gasteiger partial charge in [0.25, 0.3) is 0 Å². The summed E-state index contributed by atoms with van der Waals surface area (Å²) < 4.78 is 5.28. The Labute approximate surface area is 306 Å². The molecule has 1 aromatic heterocycles. The Morgan fingerprint density at radius 3 is 1.77 bits per heavy atom. The van der Waals surface area contributed by atoms with Gasteiger partial charge in [-0.05, 0) is 76.1 Å². The van der Waals surface area contributed by atoms with E-state index in [1.54, 1.807) is 19.1 Å². The van der Waals surface area contributed by atoms with Gasteiger partial charge in [0.15, 0.2) is 11.9 Å². The molecule has 4 atom stereocenters. The van der Waals surface area contributed by atoms with Crippen LogP contribution in [0.25, 0.3) is 11.0 Å². The first-order valence-corrected chi connectivity index (χ1v) is 17.1. The summed E-state index contributed by atoms with van der Waals surface area (Å²) in [4.78, 5) is 85.1. The molecule has 0 spiro atoms. The summed E-state index contributed by atoms with van der Waals surface area (Å²) in [5.41, 5.74) is 27.8. The highest BCUT2D eigenvalue weighted by molar-refractivity contribution is 6.00. The van der Waals surface area contributed by atoms with Gasteiger partial charge in [-0.25, -0.2) is 4.79 Å². The predicted molar refractivity (Wildman–Crippen MR) is 199 cm³/mol. The van der Waals surface area contributed by atoms with E-state index in [2.05, 4.69) is 36.6 Å². The smallest absolute Gasteiger partial charge is 0.336 e. The Bertz CT molecular complexity index is 1690. The van der Waals surface area contributed by atoms with Crippen LogP contribution in [0.4, 0.5) is 5.69 Å². The number of nitrogens with zero attached hydrogens (tertiary/aromatic N) is 2. The summed E-state index contributed by atoms with van der Waals surface area (Å²) in [7, 11) is 0. The number of carbonyl (C=O) groups excluding carboxylic acids is 5. The number of guanidine groups is 2. The van der Waals surface area contributed by atoms with E-state index >= 15 is 0 Å². The van der Waals surface area contributed by atoms with Crippen LogP contribution < -0.4 is 60.9 Å². The molecule has 0 aliphatic heterocycles. The molecule has 20 nitrogen and oxygen atoms in total. The summed E-state index contributed by atoms with van der Waals surface area (Å²) in [5.74, 6) is -3.79. The fourth-order valence-corrected chi connectivity index (χ4v) is 5.19. The van der Waals surface area contributed by atoms with Crippen molar-refractivity contribution in [2.45, 2.75) is 83.0 Å². The molecule has 0 radical (unpaired) electrons. The molecule has 0 aliphatic rings. The van der Waals surface area contributed by atoms with Crippen LogP contribution >= 0.6 is 0 Å². The molecule has 20 heteroatoms. The molecule has 5 amide bonds. The number of nitrogens with two attached hydrogens (primary N) is 5. The molecule has 1 aromatic carbocycles. The highest BCUT2D eigenvalue weighted by Gasteiger charge is 2.31. The minimum Gasteiger partial charge on any atom is -0.423 e. The third-order valence-electron chi connectivity index (χ3n) is 7.83. The third kappa shape index (κ3) is 15.6. The van der Waals surface area contributed by atoms with Crippen LogP contribution in [0.3, 0.4) is 0 Å². The average molecular weight is 745 g/mol. The second-order valence-corrected chi connectivity index (χ2v) is 12.2. The summed E-state index contributed by atoms with van der Waals surface area (Å²) in [6.07, 6.45) is 1.83.